The van der Waals surface area contributed by atoms with Gasteiger partial charge in [-0.25, -0.2) is 9.69 Å². The van der Waals surface area contributed by atoms with E-state index in [0.29, 0.717) is 16.7 Å². The van der Waals surface area contributed by atoms with Crippen LogP contribution in [0.2, 0.25) is 0 Å². The quantitative estimate of drug-likeness (QED) is 0.0633. The summed E-state index contributed by atoms with van der Waals surface area (Å²) in [7, 11) is 3.64. The number of esters is 3. The summed E-state index contributed by atoms with van der Waals surface area (Å²) in [5, 5.41) is 21.2. The second-order valence-electron chi connectivity index (χ2n) is 14.8. The summed E-state index contributed by atoms with van der Waals surface area (Å²) < 4.78 is 32.3. The zero-order valence-corrected chi connectivity index (χ0v) is 34.5. The van der Waals surface area contributed by atoms with Gasteiger partial charge in [0.05, 0.1) is 45.2 Å². The Hall–Kier alpha value is -7.06. The minimum atomic E-state index is -2.29. The molecular formula is C47H44N2O14. The van der Waals surface area contributed by atoms with E-state index in [2.05, 4.69) is 11.8 Å². The van der Waals surface area contributed by atoms with E-state index in [4.69, 9.17) is 28.4 Å². The van der Waals surface area contributed by atoms with E-state index >= 15 is 4.79 Å². The first-order chi connectivity index (χ1) is 30.5. The Morgan fingerprint density at radius 1 is 0.794 bits per heavy atom. The molecule has 2 saturated heterocycles. The third-order valence-electron chi connectivity index (χ3n) is 11.5. The number of aliphatic carboxylic acids is 1. The first-order valence-electron chi connectivity index (χ1n) is 20.0. The molecule has 0 bridgehead atoms. The Labute approximate surface area is 362 Å². The minimum absolute atomic E-state index is 0.0131. The lowest BCUT2D eigenvalue weighted by Gasteiger charge is -2.46. The Morgan fingerprint density at radius 3 is 2.10 bits per heavy atom. The second kappa shape index (κ2) is 18.9. The molecule has 2 amide bonds. The first kappa shape index (κ1) is 44.0. The van der Waals surface area contributed by atoms with E-state index in [1.807, 2.05) is 18.2 Å². The number of aliphatic hydroxyl groups is 1. The van der Waals surface area contributed by atoms with Gasteiger partial charge in [-0.3, -0.25) is 28.9 Å². The van der Waals surface area contributed by atoms with Crippen molar-refractivity contribution < 1.29 is 67.4 Å². The highest BCUT2D eigenvalue weighted by Gasteiger charge is 2.76. The zero-order chi connectivity index (χ0) is 44.8. The lowest BCUT2D eigenvalue weighted by molar-refractivity contribution is -0.179. The van der Waals surface area contributed by atoms with Crippen LogP contribution in [-0.4, -0.2) is 105 Å². The number of nitrogens with zero attached hydrogens (tertiary/aromatic N) is 2. The number of ether oxygens (including phenoxy) is 6. The average molecular weight is 861 g/mol. The minimum Gasteiger partial charge on any atom is -0.491 e. The monoisotopic (exact) mass is 860 g/mol. The maximum absolute atomic E-state index is 15.8. The number of benzene rings is 4. The van der Waals surface area contributed by atoms with Crippen LogP contribution in [-0.2, 0) is 53.1 Å². The Bertz CT molecular complexity index is 2430. The first-order valence-corrected chi connectivity index (χ1v) is 20.0. The van der Waals surface area contributed by atoms with Crippen molar-refractivity contribution >= 4 is 41.6 Å². The molecular weight excluding hydrogens is 817 g/mol. The molecule has 6 atom stereocenters. The van der Waals surface area contributed by atoms with Crippen LogP contribution in [0.25, 0.3) is 0 Å². The molecule has 2 fully saturated rings. The number of morpholine rings is 1. The van der Waals surface area contributed by atoms with Gasteiger partial charge < -0.3 is 38.6 Å². The van der Waals surface area contributed by atoms with Crippen molar-refractivity contribution in [3.8, 4) is 17.6 Å². The Kier molecular flexibility index (Phi) is 13.2. The Balaban J connectivity index is 1.53. The lowest BCUT2D eigenvalue weighted by Crippen LogP contribution is -2.53. The predicted molar refractivity (Wildman–Crippen MR) is 221 cm³/mol. The van der Waals surface area contributed by atoms with Gasteiger partial charge >= 0.3 is 30.0 Å². The number of anilines is 1. The van der Waals surface area contributed by atoms with Crippen LogP contribution in [0.5, 0.6) is 5.75 Å². The Morgan fingerprint density at radius 2 is 1.46 bits per heavy atom. The van der Waals surface area contributed by atoms with E-state index in [-0.39, 0.29) is 55.4 Å². The van der Waals surface area contributed by atoms with E-state index < -0.39 is 77.4 Å². The summed E-state index contributed by atoms with van der Waals surface area (Å²) in [5.41, 5.74) is -0.506. The molecule has 3 aliphatic heterocycles. The molecule has 326 valence electrons. The fourth-order valence-electron chi connectivity index (χ4n) is 8.96. The van der Waals surface area contributed by atoms with Crippen LogP contribution in [0.4, 0.5) is 10.5 Å². The van der Waals surface area contributed by atoms with Gasteiger partial charge in [-0.1, -0.05) is 84.6 Å². The summed E-state index contributed by atoms with van der Waals surface area (Å²) in [4.78, 5) is 86.4. The number of carboxylic acids is 1. The number of amides is 2. The topological polar surface area (TPSA) is 205 Å². The number of carbonyl (C=O) groups excluding carboxylic acids is 5. The molecule has 4 aromatic carbocycles. The molecule has 0 radical (unpaired) electrons. The van der Waals surface area contributed by atoms with E-state index in [1.165, 1.54) is 25.3 Å². The van der Waals surface area contributed by atoms with Gasteiger partial charge in [-0.15, -0.1) is 0 Å². The third kappa shape index (κ3) is 7.98. The van der Waals surface area contributed by atoms with Crippen molar-refractivity contribution in [2.75, 3.05) is 52.7 Å². The predicted octanol–water partition coefficient (Wildman–Crippen LogP) is 4.29. The standard InChI is InChI=1S/C47H44N2O14/c1-58-24-25-62-46(57)48-35-21-20-28(12-10-19-33(42(53)59-2)43(54)60-3)26-34(35)47(45(48)56)36(41(51)52)38-44(55)63-39(30-15-8-5-9-16-30)37(29-13-6-4-7-14-29)49(38)40(47)31-17-11-18-32(27-31)61-23-22-50/h4-9,11,13-18,20-21,26-27,33,36-40,50H,19,22-25H2,1-3H3,(H,51,52)/t36-,37-,38-,39+,40+,47-/m1/s1. The molecule has 0 saturated carbocycles. The van der Waals surface area contributed by atoms with Crippen LogP contribution >= 0.6 is 0 Å². The molecule has 4 aromatic rings. The normalized spacial score (nSPS) is 22.4. The number of methoxy groups -OCH3 is 3. The molecule has 3 aliphatic rings. The third-order valence-corrected chi connectivity index (χ3v) is 11.5. The fraction of sp³-hybridized carbons (Fsp3) is 0.319. The van der Waals surface area contributed by atoms with Gasteiger partial charge in [-0.2, -0.15) is 0 Å². The van der Waals surface area contributed by atoms with Crippen molar-refractivity contribution in [2.45, 2.75) is 36.1 Å². The molecule has 2 N–H and O–H groups in total. The van der Waals surface area contributed by atoms with Crippen molar-refractivity contribution in [3.63, 3.8) is 0 Å². The molecule has 7 rings (SSSR count). The van der Waals surface area contributed by atoms with Crippen molar-refractivity contribution in [1.82, 2.24) is 4.90 Å². The number of rotatable bonds is 13. The number of fused-ring (bicyclic) bond motifs is 3. The summed E-state index contributed by atoms with van der Waals surface area (Å²) in [6, 6.07) is 25.1. The van der Waals surface area contributed by atoms with Gasteiger partial charge in [0.2, 0.25) is 5.91 Å². The zero-order valence-electron chi connectivity index (χ0n) is 34.5. The molecule has 63 heavy (non-hydrogen) atoms. The smallest absolute Gasteiger partial charge is 0.421 e. The van der Waals surface area contributed by atoms with Gasteiger partial charge in [0.1, 0.15) is 42.4 Å². The van der Waals surface area contributed by atoms with E-state index in [9.17, 15) is 34.2 Å². The number of hydrogen-bond donors (Lipinski definition) is 2. The summed E-state index contributed by atoms with van der Waals surface area (Å²) in [6.45, 7) is -0.668. The number of hydrogen-bond acceptors (Lipinski definition) is 14. The van der Waals surface area contributed by atoms with Crippen molar-refractivity contribution in [3.05, 3.63) is 131 Å². The van der Waals surface area contributed by atoms with Crippen LogP contribution in [0, 0.1) is 23.7 Å². The van der Waals surface area contributed by atoms with Gasteiger partial charge in [0.25, 0.3) is 0 Å². The summed E-state index contributed by atoms with van der Waals surface area (Å²) in [6.07, 6.45) is -2.45. The van der Waals surface area contributed by atoms with Gasteiger partial charge in [-0.05, 0) is 52.6 Å². The highest BCUT2D eigenvalue weighted by Crippen LogP contribution is 2.66. The van der Waals surface area contributed by atoms with Gasteiger partial charge in [0, 0.05) is 19.1 Å². The number of imide groups is 1. The highest BCUT2D eigenvalue weighted by molar-refractivity contribution is 6.23. The fourth-order valence-corrected chi connectivity index (χ4v) is 8.96. The van der Waals surface area contributed by atoms with Crippen molar-refractivity contribution in [2.24, 2.45) is 11.8 Å². The maximum atomic E-state index is 15.8. The molecule has 16 heteroatoms. The largest absolute Gasteiger partial charge is 0.491 e. The number of carbonyl (C=O) groups is 6. The summed E-state index contributed by atoms with van der Waals surface area (Å²) >= 11 is 0. The maximum Gasteiger partial charge on any atom is 0.421 e. The second-order valence-corrected chi connectivity index (χ2v) is 14.8. The number of carboxylic acid groups (broad SMARTS) is 1. The molecule has 0 aliphatic carbocycles. The lowest BCUT2D eigenvalue weighted by atomic mass is 9.65. The van der Waals surface area contributed by atoms with Gasteiger partial charge in [0.15, 0.2) is 5.92 Å². The molecule has 3 heterocycles. The van der Waals surface area contributed by atoms with E-state index in [1.54, 1.807) is 71.6 Å². The molecule has 1 spiro atoms. The molecule has 0 unspecified atom stereocenters. The SMILES string of the molecule is COCCOC(=O)N1C(=O)[C@@]2(c3cc(C#CCC(C(=O)OC)C(=O)OC)ccc31)[C@H](c1cccc(OCCO)c1)N1[C@H](c3ccccc3)[C@H](c3ccccc3)OC(=O)[C@H]1[C@@H]2C(=O)O. The van der Waals surface area contributed by atoms with Crippen LogP contribution < -0.4 is 9.64 Å². The van der Waals surface area contributed by atoms with Crippen LogP contribution in [0.15, 0.2) is 103 Å². The number of aliphatic hydroxyl groups excluding tert-OH is 1. The molecule has 0 aromatic heterocycles. The highest BCUT2D eigenvalue weighted by atomic mass is 16.6. The molecule has 16 nitrogen and oxygen atoms in total. The average Bonchev–Trinajstić information content (AvgIpc) is 3.76. The van der Waals surface area contributed by atoms with Crippen LogP contribution in [0.3, 0.4) is 0 Å². The van der Waals surface area contributed by atoms with Crippen molar-refractivity contribution in [1.29, 1.82) is 0 Å². The van der Waals surface area contributed by atoms with Crippen LogP contribution in [0.1, 0.15) is 52.4 Å². The van der Waals surface area contributed by atoms with E-state index in [0.717, 1.165) is 19.1 Å². The summed E-state index contributed by atoms with van der Waals surface area (Å²) in [5.74, 6) is -2.48. The number of cyclic esters (lactones) is 1.